The Morgan fingerprint density at radius 2 is 1.65 bits per heavy atom. The number of ether oxygens (including phenoxy) is 1. The van der Waals surface area contributed by atoms with Crippen LogP contribution in [-0.4, -0.2) is 36.6 Å². The van der Waals surface area contributed by atoms with Crippen molar-refractivity contribution in [3.63, 3.8) is 0 Å². The van der Waals surface area contributed by atoms with Crippen LogP contribution < -0.4 is 0 Å². The molecule has 1 saturated heterocycles. The molecule has 2 aromatic rings. The number of likely N-dealkylation sites (tertiary alicyclic amines) is 1. The smallest absolute Gasteiger partial charge is 0.317 e. The van der Waals surface area contributed by atoms with E-state index in [4.69, 9.17) is 4.74 Å². The molecule has 0 aromatic heterocycles. The Morgan fingerprint density at radius 3 is 2.23 bits per heavy atom. The minimum Gasteiger partial charge on any atom is -0.465 e. The summed E-state index contributed by atoms with van der Waals surface area (Å²) in [6.45, 7) is 4.96. The van der Waals surface area contributed by atoms with Gasteiger partial charge in [-0.15, -0.1) is 0 Å². The molecule has 0 amide bonds. The summed E-state index contributed by atoms with van der Waals surface area (Å²) in [6, 6.07) is 20.4. The van der Waals surface area contributed by atoms with Gasteiger partial charge >= 0.3 is 5.97 Å². The van der Waals surface area contributed by atoms with Gasteiger partial charge in [0.25, 0.3) is 0 Å². The van der Waals surface area contributed by atoms with E-state index in [1.165, 1.54) is 25.8 Å². The minimum absolute atomic E-state index is 0.158. The van der Waals surface area contributed by atoms with Gasteiger partial charge < -0.3 is 9.64 Å². The largest absolute Gasteiger partial charge is 0.465 e. The number of hydrogen-bond donors (Lipinski definition) is 0. The summed E-state index contributed by atoms with van der Waals surface area (Å²) in [4.78, 5) is 15.3. The zero-order valence-corrected chi connectivity index (χ0v) is 15.6. The molecule has 3 nitrogen and oxygen atoms in total. The molecular weight excluding hydrogens is 322 g/mol. The number of hydrogen-bond acceptors (Lipinski definition) is 3. The predicted molar refractivity (Wildman–Crippen MR) is 105 cm³/mol. The maximum Gasteiger partial charge on any atom is 0.317 e. The highest BCUT2D eigenvalue weighted by atomic mass is 16.5. The van der Waals surface area contributed by atoms with Crippen LogP contribution in [0.2, 0.25) is 0 Å². The second-order valence-electron chi connectivity index (χ2n) is 7.16. The van der Waals surface area contributed by atoms with Crippen LogP contribution in [0.25, 0.3) is 0 Å². The van der Waals surface area contributed by atoms with E-state index in [0.717, 1.165) is 24.1 Å². The Morgan fingerprint density at radius 1 is 1.04 bits per heavy atom. The predicted octanol–water partition coefficient (Wildman–Crippen LogP) is 4.63. The average Bonchev–Trinajstić information content (AvgIpc) is 2.68. The molecule has 0 radical (unpaired) electrons. The highest BCUT2D eigenvalue weighted by Crippen LogP contribution is 2.26. The molecule has 3 heteroatoms. The van der Waals surface area contributed by atoms with Crippen molar-refractivity contribution in [2.45, 2.75) is 44.6 Å². The van der Waals surface area contributed by atoms with Crippen LogP contribution in [0.3, 0.4) is 0 Å². The van der Waals surface area contributed by atoms with Crippen LogP contribution in [0.1, 0.15) is 49.7 Å². The number of esters is 1. The second kappa shape index (κ2) is 9.54. The van der Waals surface area contributed by atoms with Gasteiger partial charge in [0.15, 0.2) is 0 Å². The van der Waals surface area contributed by atoms with Crippen molar-refractivity contribution in [2.24, 2.45) is 0 Å². The van der Waals surface area contributed by atoms with Crippen molar-refractivity contribution in [1.29, 1.82) is 0 Å². The first-order valence-electron chi connectivity index (χ1n) is 9.76. The molecule has 1 unspecified atom stereocenters. The molecule has 26 heavy (non-hydrogen) atoms. The van der Waals surface area contributed by atoms with Gasteiger partial charge in [-0.3, -0.25) is 4.79 Å². The van der Waals surface area contributed by atoms with Crippen LogP contribution in [0.4, 0.5) is 0 Å². The van der Waals surface area contributed by atoms with Gasteiger partial charge in [-0.1, -0.05) is 67.1 Å². The van der Waals surface area contributed by atoms with Gasteiger partial charge in [0.1, 0.15) is 5.92 Å². The molecule has 138 valence electrons. The van der Waals surface area contributed by atoms with Gasteiger partial charge in [0.05, 0.1) is 6.61 Å². The first-order valence-corrected chi connectivity index (χ1v) is 9.76. The number of carbonyl (C=O) groups excluding carboxylic acids is 1. The molecule has 0 spiro atoms. The van der Waals surface area contributed by atoms with Gasteiger partial charge in [0.2, 0.25) is 0 Å². The Hall–Kier alpha value is -2.13. The summed E-state index contributed by atoms with van der Waals surface area (Å²) >= 11 is 0. The molecule has 0 aliphatic carbocycles. The summed E-state index contributed by atoms with van der Waals surface area (Å²) in [6.07, 6.45) is 4.80. The topological polar surface area (TPSA) is 29.5 Å². The summed E-state index contributed by atoms with van der Waals surface area (Å²) in [5.41, 5.74) is 1.96. The maximum absolute atomic E-state index is 12.8. The quantitative estimate of drug-likeness (QED) is 0.538. The minimum atomic E-state index is -0.355. The van der Waals surface area contributed by atoms with Crippen LogP contribution in [-0.2, 0) is 9.53 Å². The fraction of sp³-hybridized carbons (Fsp3) is 0.435. The fourth-order valence-electron chi connectivity index (χ4n) is 3.77. The van der Waals surface area contributed by atoms with Gasteiger partial charge in [-0.25, -0.2) is 0 Å². The van der Waals surface area contributed by atoms with Gasteiger partial charge in [-0.2, -0.15) is 0 Å². The second-order valence-corrected chi connectivity index (χ2v) is 7.16. The molecular formula is C23H29NO2. The first kappa shape index (κ1) is 18.7. The van der Waals surface area contributed by atoms with Crippen molar-refractivity contribution in [1.82, 2.24) is 4.90 Å². The molecule has 0 saturated carbocycles. The van der Waals surface area contributed by atoms with Crippen molar-refractivity contribution >= 4 is 5.97 Å². The number of carbonyl (C=O) groups is 1. The molecule has 1 heterocycles. The van der Waals surface area contributed by atoms with E-state index < -0.39 is 0 Å². The number of rotatable bonds is 7. The molecule has 1 fully saturated rings. The van der Waals surface area contributed by atoms with Crippen molar-refractivity contribution in [2.75, 3.05) is 19.7 Å². The average molecular weight is 351 g/mol. The van der Waals surface area contributed by atoms with E-state index in [1.54, 1.807) is 0 Å². The Balaban J connectivity index is 1.58. The van der Waals surface area contributed by atoms with Gasteiger partial charge in [0, 0.05) is 12.6 Å². The van der Waals surface area contributed by atoms with Crippen molar-refractivity contribution < 1.29 is 9.53 Å². The van der Waals surface area contributed by atoms with E-state index in [1.807, 2.05) is 60.7 Å². The van der Waals surface area contributed by atoms with E-state index >= 15 is 0 Å². The SMILES string of the molecule is CC1CCCCN1CCCOC(=O)C(c1ccccc1)c1ccccc1. The Labute approximate surface area is 157 Å². The van der Waals surface area contributed by atoms with Crippen LogP contribution in [0.5, 0.6) is 0 Å². The van der Waals surface area contributed by atoms with Crippen LogP contribution in [0, 0.1) is 0 Å². The summed E-state index contributed by atoms with van der Waals surface area (Å²) < 4.78 is 5.67. The Bertz CT molecular complexity index is 632. The molecule has 0 N–H and O–H groups in total. The lowest BCUT2D eigenvalue weighted by Crippen LogP contribution is -2.38. The third-order valence-corrected chi connectivity index (χ3v) is 5.28. The van der Waals surface area contributed by atoms with Gasteiger partial charge in [-0.05, 0) is 43.9 Å². The lowest BCUT2D eigenvalue weighted by Gasteiger charge is -2.33. The fourth-order valence-corrected chi connectivity index (χ4v) is 3.77. The normalized spacial score (nSPS) is 18.0. The molecule has 2 aromatic carbocycles. The van der Waals surface area contributed by atoms with E-state index in [9.17, 15) is 4.79 Å². The van der Waals surface area contributed by atoms with E-state index in [2.05, 4.69) is 11.8 Å². The summed E-state index contributed by atoms with van der Waals surface area (Å²) in [5.74, 6) is -0.514. The van der Waals surface area contributed by atoms with Crippen molar-refractivity contribution in [3.8, 4) is 0 Å². The lowest BCUT2D eigenvalue weighted by molar-refractivity contribution is -0.144. The highest BCUT2D eigenvalue weighted by Gasteiger charge is 2.24. The Kier molecular flexibility index (Phi) is 6.84. The van der Waals surface area contributed by atoms with Crippen molar-refractivity contribution in [3.05, 3.63) is 71.8 Å². The number of nitrogens with zero attached hydrogens (tertiary/aromatic N) is 1. The van der Waals surface area contributed by atoms with E-state index in [-0.39, 0.29) is 11.9 Å². The highest BCUT2D eigenvalue weighted by molar-refractivity contribution is 5.82. The molecule has 0 bridgehead atoms. The summed E-state index contributed by atoms with van der Waals surface area (Å²) in [5, 5.41) is 0. The molecule has 3 rings (SSSR count). The number of benzene rings is 2. The third-order valence-electron chi connectivity index (χ3n) is 5.28. The standard InChI is InChI=1S/C23H29NO2/c1-19-11-8-9-16-24(19)17-10-18-26-23(25)22(20-12-4-2-5-13-20)21-14-6-3-7-15-21/h2-7,12-15,19,22H,8-11,16-18H2,1H3. The van der Waals surface area contributed by atoms with E-state index in [0.29, 0.717) is 12.6 Å². The van der Waals surface area contributed by atoms with Crippen LogP contribution in [0.15, 0.2) is 60.7 Å². The third kappa shape index (κ3) is 4.95. The molecule has 1 aliphatic rings. The maximum atomic E-state index is 12.8. The summed E-state index contributed by atoms with van der Waals surface area (Å²) in [7, 11) is 0. The molecule has 1 atom stereocenters. The van der Waals surface area contributed by atoms with Crippen LogP contribution >= 0.6 is 0 Å². The molecule has 1 aliphatic heterocycles. The first-order chi connectivity index (χ1) is 12.8. The number of piperidine rings is 1. The monoisotopic (exact) mass is 351 g/mol. The lowest BCUT2D eigenvalue weighted by atomic mass is 9.91. The zero-order chi connectivity index (χ0) is 18.2. The zero-order valence-electron chi connectivity index (χ0n) is 15.6.